The van der Waals surface area contributed by atoms with Crippen molar-refractivity contribution in [3.8, 4) is 0 Å². The van der Waals surface area contributed by atoms with Gasteiger partial charge < -0.3 is 10.6 Å². The summed E-state index contributed by atoms with van der Waals surface area (Å²) in [6.07, 6.45) is 4.64. The molecule has 1 atom stereocenters. The summed E-state index contributed by atoms with van der Waals surface area (Å²) in [5, 5.41) is 6.22. The summed E-state index contributed by atoms with van der Waals surface area (Å²) < 4.78 is 1.58. The number of nitrogens with one attached hydrogen (secondary N) is 2. The van der Waals surface area contributed by atoms with E-state index >= 15 is 0 Å². The molecule has 1 aliphatic carbocycles. The molecule has 0 aliphatic heterocycles. The molecule has 2 aromatic rings. The zero-order chi connectivity index (χ0) is 20.3. The van der Waals surface area contributed by atoms with E-state index in [2.05, 4.69) is 24.1 Å². The third-order valence-electron chi connectivity index (χ3n) is 4.75. The van der Waals surface area contributed by atoms with Crippen LogP contribution in [-0.2, 0) is 29.0 Å². The predicted octanol–water partition coefficient (Wildman–Crippen LogP) is 1.72. The second kappa shape index (κ2) is 8.91. The van der Waals surface area contributed by atoms with Crippen molar-refractivity contribution in [3.05, 3.63) is 33.4 Å². The highest BCUT2D eigenvalue weighted by Crippen LogP contribution is 2.36. The van der Waals surface area contributed by atoms with Gasteiger partial charge in [0.25, 0.3) is 5.56 Å². The Morgan fingerprint density at radius 1 is 1.43 bits per heavy atom. The minimum atomic E-state index is -0.285. The van der Waals surface area contributed by atoms with E-state index in [9.17, 15) is 14.4 Å². The van der Waals surface area contributed by atoms with Crippen molar-refractivity contribution in [1.29, 1.82) is 0 Å². The van der Waals surface area contributed by atoms with Gasteiger partial charge in [-0.15, -0.1) is 17.9 Å². The zero-order valence-electron chi connectivity index (χ0n) is 16.0. The lowest BCUT2D eigenvalue weighted by Crippen LogP contribution is -2.36. The summed E-state index contributed by atoms with van der Waals surface area (Å²) >= 11 is 2.79. The number of likely N-dealkylation sites (N-methyl/N-ethyl adjacent to an activating group) is 1. The summed E-state index contributed by atoms with van der Waals surface area (Å²) in [4.78, 5) is 43.1. The minimum Gasteiger partial charge on any atom is -0.358 e. The highest BCUT2D eigenvalue weighted by atomic mass is 32.2. The standard InChI is InChI=1S/C19H24N4O3S2/c1-4-7-23-18(26)16-12-6-5-11(2)8-13(12)28-17(16)22-19(23)27-10-15(25)21-9-14(24)20-3/h4,11H,1,5-10H2,2-3H3,(H,20,24)(H,21,25)/t11-/m0/s1. The largest absolute Gasteiger partial charge is 0.358 e. The van der Waals surface area contributed by atoms with Crippen LogP contribution in [0, 0.1) is 5.92 Å². The Morgan fingerprint density at radius 3 is 2.93 bits per heavy atom. The van der Waals surface area contributed by atoms with Crippen molar-refractivity contribution < 1.29 is 9.59 Å². The Labute approximate surface area is 171 Å². The molecule has 2 amide bonds. The fourth-order valence-corrected chi connectivity index (χ4v) is 5.52. The van der Waals surface area contributed by atoms with Crippen molar-refractivity contribution in [2.45, 2.75) is 37.9 Å². The molecule has 0 saturated carbocycles. The predicted molar refractivity (Wildman–Crippen MR) is 113 cm³/mol. The molecule has 7 nitrogen and oxygen atoms in total. The number of amides is 2. The number of rotatable bonds is 7. The van der Waals surface area contributed by atoms with Crippen LogP contribution < -0.4 is 16.2 Å². The van der Waals surface area contributed by atoms with E-state index in [1.165, 1.54) is 23.7 Å². The molecule has 3 rings (SSSR count). The van der Waals surface area contributed by atoms with Crippen LogP contribution in [0.1, 0.15) is 23.8 Å². The van der Waals surface area contributed by atoms with E-state index in [0.29, 0.717) is 17.6 Å². The van der Waals surface area contributed by atoms with Gasteiger partial charge >= 0.3 is 0 Å². The van der Waals surface area contributed by atoms with Crippen LogP contribution in [-0.4, -0.2) is 40.7 Å². The smallest absolute Gasteiger partial charge is 0.263 e. The number of aryl methyl sites for hydroxylation is 1. The first-order chi connectivity index (χ1) is 13.4. The maximum absolute atomic E-state index is 13.2. The third kappa shape index (κ3) is 4.30. The van der Waals surface area contributed by atoms with E-state index in [1.54, 1.807) is 22.0 Å². The van der Waals surface area contributed by atoms with Crippen LogP contribution in [0.15, 0.2) is 22.6 Å². The Kier molecular flexibility index (Phi) is 6.56. The van der Waals surface area contributed by atoms with Gasteiger partial charge in [0.2, 0.25) is 11.8 Å². The lowest BCUT2D eigenvalue weighted by Gasteiger charge is -2.17. The van der Waals surface area contributed by atoms with Gasteiger partial charge in [0.1, 0.15) is 4.83 Å². The molecule has 9 heteroatoms. The number of fused-ring (bicyclic) bond motifs is 3. The number of nitrogens with zero attached hydrogens (tertiary/aromatic N) is 2. The molecule has 2 heterocycles. The van der Waals surface area contributed by atoms with E-state index in [0.717, 1.165) is 35.0 Å². The lowest BCUT2D eigenvalue weighted by molar-refractivity contribution is -0.124. The number of carbonyl (C=O) groups is 2. The number of hydrogen-bond acceptors (Lipinski definition) is 6. The fraction of sp³-hybridized carbons (Fsp3) is 0.474. The minimum absolute atomic E-state index is 0.0646. The van der Waals surface area contributed by atoms with Gasteiger partial charge in [-0.05, 0) is 30.7 Å². The average Bonchev–Trinajstić information content (AvgIpc) is 3.04. The Bertz CT molecular complexity index is 980. The van der Waals surface area contributed by atoms with Crippen LogP contribution in [0.4, 0.5) is 0 Å². The fourth-order valence-electron chi connectivity index (χ4n) is 3.25. The number of aromatic nitrogens is 2. The molecule has 0 fully saturated rings. The molecular weight excluding hydrogens is 396 g/mol. The van der Waals surface area contributed by atoms with Gasteiger partial charge in [0.15, 0.2) is 5.16 Å². The molecule has 0 spiro atoms. The van der Waals surface area contributed by atoms with E-state index in [1.807, 2.05) is 0 Å². The van der Waals surface area contributed by atoms with Gasteiger partial charge in [0.05, 0.1) is 17.7 Å². The van der Waals surface area contributed by atoms with Gasteiger partial charge in [0, 0.05) is 18.5 Å². The van der Waals surface area contributed by atoms with Gasteiger partial charge in [-0.25, -0.2) is 4.98 Å². The van der Waals surface area contributed by atoms with E-state index < -0.39 is 0 Å². The van der Waals surface area contributed by atoms with Crippen molar-refractivity contribution in [2.75, 3.05) is 19.3 Å². The molecular formula is C19H24N4O3S2. The third-order valence-corrected chi connectivity index (χ3v) is 6.87. The van der Waals surface area contributed by atoms with E-state index in [4.69, 9.17) is 4.98 Å². The molecule has 0 radical (unpaired) electrons. The number of allylic oxidation sites excluding steroid dienone is 1. The van der Waals surface area contributed by atoms with Gasteiger partial charge in [-0.3, -0.25) is 19.0 Å². The number of hydrogen-bond donors (Lipinski definition) is 2. The highest BCUT2D eigenvalue weighted by molar-refractivity contribution is 7.99. The highest BCUT2D eigenvalue weighted by Gasteiger charge is 2.24. The van der Waals surface area contributed by atoms with Crippen molar-refractivity contribution in [1.82, 2.24) is 20.2 Å². The van der Waals surface area contributed by atoms with E-state index in [-0.39, 0.29) is 29.7 Å². The molecule has 1 aliphatic rings. The first-order valence-electron chi connectivity index (χ1n) is 9.20. The Morgan fingerprint density at radius 2 is 2.21 bits per heavy atom. The van der Waals surface area contributed by atoms with Crippen molar-refractivity contribution in [2.24, 2.45) is 5.92 Å². The molecule has 28 heavy (non-hydrogen) atoms. The normalized spacial score (nSPS) is 15.9. The maximum Gasteiger partial charge on any atom is 0.263 e. The Balaban J connectivity index is 1.88. The van der Waals surface area contributed by atoms with Crippen LogP contribution in [0.2, 0.25) is 0 Å². The molecule has 2 N–H and O–H groups in total. The SMILES string of the molecule is C=CCn1c(SCC(=O)NCC(=O)NC)nc2sc3c(c2c1=O)CC[C@H](C)C3. The molecule has 2 aromatic heterocycles. The monoisotopic (exact) mass is 420 g/mol. The second-order valence-corrected chi connectivity index (χ2v) is 8.90. The van der Waals surface area contributed by atoms with Gasteiger partial charge in [-0.2, -0.15) is 0 Å². The lowest BCUT2D eigenvalue weighted by atomic mass is 9.89. The summed E-state index contributed by atoms with van der Waals surface area (Å²) in [7, 11) is 1.51. The summed E-state index contributed by atoms with van der Waals surface area (Å²) in [6, 6.07) is 0. The number of thioether (sulfide) groups is 1. The van der Waals surface area contributed by atoms with Gasteiger partial charge in [-0.1, -0.05) is 24.8 Å². The van der Waals surface area contributed by atoms with Crippen LogP contribution in [0.25, 0.3) is 10.2 Å². The summed E-state index contributed by atoms with van der Waals surface area (Å²) in [5.41, 5.74) is 1.08. The topological polar surface area (TPSA) is 93.1 Å². The average molecular weight is 421 g/mol. The van der Waals surface area contributed by atoms with Crippen molar-refractivity contribution in [3.63, 3.8) is 0 Å². The quantitative estimate of drug-likeness (QED) is 0.404. The number of carbonyl (C=O) groups excluding carboxylic acids is 2. The first kappa shape index (κ1) is 20.6. The zero-order valence-corrected chi connectivity index (χ0v) is 17.7. The van der Waals surface area contributed by atoms with Crippen molar-refractivity contribution >= 4 is 45.1 Å². The Hall–Kier alpha value is -2.13. The molecule has 150 valence electrons. The number of thiophene rings is 1. The first-order valence-corrected chi connectivity index (χ1v) is 11.0. The molecule has 0 aromatic carbocycles. The maximum atomic E-state index is 13.2. The molecule has 0 saturated heterocycles. The molecule has 0 bridgehead atoms. The van der Waals surface area contributed by atoms with Crippen LogP contribution in [0.5, 0.6) is 0 Å². The summed E-state index contributed by atoms with van der Waals surface area (Å²) in [6.45, 7) is 6.24. The second-order valence-electron chi connectivity index (χ2n) is 6.87. The molecule has 0 unspecified atom stereocenters. The summed E-state index contributed by atoms with van der Waals surface area (Å²) in [5.74, 6) is 0.148. The van der Waals surface area contributed by atoms with Crippen LogP contribution >= 0.6 is 23.1 Å². The van der Waals surface area contributed by atoms with Crippen LogP contribution in [0.3, 0.4) is 0 Å².